The summed E-state index contributed by atoms with van der Waals surface area (Å²) in [5.74, 6) is 0.165. The van der Waals surface area contributed by atoms with Gasteiger partial charge < -0.3 is 10.1 Å². The Morgan fingerprint density at radius 3 is 2.72 bits per heavy atom. The van der Waals surface area contributed by atoms with Crippen LogP contribution in [0.25, 0.3) is 0 Å². The van der Waals surface area contributed by atoms with E-state index in [-0.39, 0.29) is 15.7 Å². The first kappa shape index (κ1) is 20.4. The monoisotopic (exact) mass is 388 g/mol. The average Bonchev–Trinajstić information content (AvgIpc) is 3.09. The summed E-state index contributed by atoms with van der Waals surface area (Å²) in [5, 5.41) is 4.46. The van der Waals surface area contributed by atoms with Crippen LogP contribution in [0, 0.1) is 5.92 Å². The molecular weight excluding hydrogens is 360 g/mol. The van der Waals surface area contributed by atoms with Gasteiger partial charge in [0.15, 0.2) is 0 Å². The summed E-state index contributed by atoms with van der Waals surface area (Å²) >= 11 is 1.17. The van der Waals surface area contributed by atoms with E-state index in [1.165, 1.54) is 21.7 Å². The molecule has 25 heavy (non-hydrogen) atoms. The molecule has 0 unspecified atom stereocenters. The Labute approximate surface area is 154 Å². The molecule has 0 aliphatic carbocycles. The number of hydrogen-bond acceptors (Lipinski definition) is 5. The molecule has 1 aromatic rings. The van der Waals surface area contributed by atoms with Crippen molar-refractivity contribution in [2.24, 2.45) is 5.92 Å². The van der Waals surface area contributed by atoms with Gasteiger partial charge in [-0.15, -0.1) is 11.3 Å². The normalized spacial score (nSPS) is 16.3. The highest BCUT2D eigenvalue weighted by molar-refractivity contribution is 7.89. The molecule has 0 atom stereocenters. The Hall–Kier alpha value is -0.960. The molecule has 1 fully saturated rings. The molecular formula is C17H28N2O4S2. The third kappa shape index (κ3) is 5.77. The molecule has 1 saturated heterocycles. The molecule has 1 aliphatic rings. The van der Waals surface area contributed by atoms with Gasteiger partial charge in [0.25, 0.3) is 5.91 Å². The molecule has 1 amide bonds. The summed E-state index contributed by atoms with van der Waals surface area (Å²) in [5.41, 5.74) is 0. The van der Waals surface area contributed by atoms with Crippen LogP contribution in [-0.4, -0.2) is 51.5 Å². The van der Waals surface area contributed by atoms with Crippen LogP contribution in [0.1, 0.15) is 49.2 Å². The Bertz CT molecular complexity index is 649. The van der Waals surface area contributed by atoms with Gasteiger partial charge >= 0.3 is 0 Å². The number of piperidine rings is 1. The number of nitrogens with zero attached hydrogens (tertiary/aromatic N) is 1. The number of amides is 1. The van der Waals surface area contributed by atoms with Crippen molar-refractivity contribution in [2.45, 2.75) is 44.4 Å². The first-order valence-electron chi connectivity index (χ1n) is 8.86. The molecule has 1 aliphatic heterocycles. The van der Waals surface area contributed by atoms with Crippen molar-refractivity contribution in [3.8, 4) is 0 Å². The van der Waals surface area contributed by atoms with E-state index < -0.39 is 10.0 Å². The largest absolute Gasteiger partial charge is 0.381 e. The predicted molar refractivity (Wildman–Crippen MR) is 99.5 cm³/mol. The Morgan fingerprint density at radius 1 is 1.32 bits per heavy atom. The fourth-order valence-electron chi connectivity index (χ4n) is 2.69. The van der Waals surface area contributed by atoms with E-state index in [9.17, 15) is 13.2 Å². The second-order valence-corrected chi connectivity index (χ2v) is 9.48. The zero-order valence-corrected chi connectivity index (χ0v) is 16.6. The first-order valence-corrected chi connectivity index (χ1v) is 11.2. The highest BCUT2D eigenvalue weighted by Crippen LogP contribution is 2.27. The van der Waals surface area contributed by atoms with Crippen LogP contribution in [0.5, 0.6) is 0 Å². The third-order valence-electron chi connectivity index (χ3n) is 3.97. The quantitative estimate of drug-likeness (QED) is 0.660. The van der Waals surface area contributed by atoms with Crippen LogP contribution in [0.3, 0.4) is 0 Å². The van der Waals surface area contributed by atoms with Crippen LogP contribution in [0.2, 0.25) is 0 Å². The van der Waals surface area contributed by atoms with Crippen molar-refractivity contribution in [1.29, 1.82) is 0 Å². The van der Waals surface area contributed by atoms with Crippen LogP contribution in [0.4, 0.5) is 0 Å². The van der Waals surface area contributed by atoms with Crippen molar-refractivity contribution >= 4 is 27.3 Å². The second-order valence-electron chi connectivity index (χ2n) is 6.66. The zero-order chi connectivity index (χ0) is 18.3. The minimum Gasteiger partial charge on any atom is -0.381 e. The van der Waals surface area contributed by atoms with Gasteiger partial charge in [-0.1, -0.05) is 20.3 Å². The SMILES string of the molecule is CC(C)COCCCNC(=O)c1sccc1S(=O)(=O)N1CCCCC1. The minimum absolute atomic E-state index is 0.132. The molecule has 8 heteroatoms. The van der Waals surface area contributed by atoms with Gasteiger partial charge in [0.05, 0.1) is 0 Å². The van der Waals surface area contributed by atoms with Crippen LogP contribution >= 0.6 is 11.3 Å². The van der Waals surface area contributed by atoms with Gasteiger partial charge in [0.1, 0.15) is 9.77 Å². The number of hydrogen-bond donors (Lipinski definition) is 1. The maximum atomic E-state index is 12.8. The highest BCUT2D eigenvalue weighted by Gasteiger charge is 2.30. The lowest BCUT2D eigenvalue weighted by Crippen LogP contribution is -2.36. The number of ether oxygens (including phenoxy) is 1. The standard InChI is InChI=1S/C17H28N2O4S2/c1-14(2)13-23-11-6-8-18-17(20)16-15(7-12-24-16)25(21,22)19-9-4-3-5-10-19/h7,12,14H,3-6,8-11,13H2,1-2H3,(H,18,20). The third-order valence-corrected chi connectivity index (χ3v) is 6.95. The molecule has 0 radical (unpaired) electrons. The summed E-state index contributed by atoms with van der Waals surface area (Å²) in [6.45, 7) is 7.00. The van der Waals surface area contributed by atoms with E-state index in [0.29, 0.717) is 45.2 Å². The fourth-order valence-corrected chi connectivity index (χ4v) is 5.52. The lowest BCUT2D eigenvalue weighted by molar-refractivity contribution is 0.0925. The molecule has 6 nitrogen and oxygen atoms in total. The molecule has 142 valence electrons. The van der Waals surface area contributed by atoms with Crippen molar-refractivity contribution in [3.63, 3.8) is 0 Å². The Kier molecular flexibility index (Phi) is 7.86. The van der Waals surface area contributed by atoms with E-state index >= 15 is 0 Å². The van der Waals surface area contributed by atoms with E-state index in [2.05, 4.69) is 19.2 Å². The molecule has 2 rings (SSSR count). The lowest BCUT2D eigenvalue weighted by Gasteiger charge is -2.25. The predicted octanol–water partition coefficient (Wildman–Crippen LogP) is 2.72. The van der Waals surface area contributed by atoms with Gasteiger partial charge in [-0.3, -0.25) is 4.79 Å². The lowest BCUT2D eigenvalue weighted by atomic mass is 10.2. The van der Waals surface area contributed by atoms with Gasteiger partial charge in [0, 0.05) is 32.8 Å². The number of sulfonamides is 1. The van der Waals surface area contributed by atoms with Crippen molar-refractivity contribution in [3.05, 3.63) is 16.3 Å². The number of carbonyl (C=O) groups excluding carboxylic acids is 1. The van der Waals surface area contributed by atoms with Crippen LogP contribution in [0.15, 0.2) is 16.3 Å². The second kappa shape index (κ2) is 9.66. The summed E-state index contributed by atoms with van der Waals surface area (Å²) in [4.78, 5) is 12.8. The molecule has 0 aromatic carbocycles. The van der Waals surface area contributed by atoms with E-state index in [0.717, 1.165) is 19.3 Å². The van der Waals surface area contributed by atoms with E-state index in [4.69, 9.17) is 4.74 Å². The van der Waals surface area contributed by atoms with Crippen molar-refractivity contribution in [2.75, 3.05) is 32.8 Å². The molecule has 2 heterocycles. The fraction of sp³-hybridized carbons (Fsp3) is 0.706. The highest BCUT2D eigenvalue weighted by atomic mass is 32.2. The number of rotatable bonds is 9. The summed E-state index contributed by atoms with van der Waals surface area (Å²) in [7, 11) is -3.58. The van der Waals surface area contributed by atoms with Crippen molar-refractivity contribution < 1.29 is 17.9 Å². The van der Waals surface area contributed by atoms with Gasteiger partial charge in [0.2, 0.25) is 10.0 Å². The first-order chi connectivity index (χ1) is 11.9. The smallest absolute Gasteiger partial charge is 0.262 e. The van der Waals surface area contributed by atoms with Gasteiger partial charge in [-0.05, 0) is 36.6 Å². The summed E-state index contributed by atoms with van der Waals surface area (Å²) in [6, 6.07) is 1.54. The topological polar surface area (TPSA) is 75.7 Å². The van der Waals surface area contributed by atoms with E-state index in [1.807, 2.05) is 0 Å². The molecule has 0 spiro atoms. The number of thiophene rings is 1. The minimum atomic E-state index is -3.58. The summed E-state index contributed by atoms with van der Waals surface area (Å²) < 4.78 is 32.5. The van der Waals surface area contributed by atoms with Crippen molar-refractivity contribution in [1.82, 2.24) is 9.62 Å². The molecule has 0 saturated carbocycles. The number of carbonyl (C=O) groups is 1. The van der Waals surface area contributed by atoms with Gasteiger partial charge in [-0.25, -0.2) is 8.42 Å². The van der Waals surface area contributed by atoms with Crippen LogP contribution < -0.4 is 5.32 Å². The van der Waals surface area contributed by atoms with Gasteiger partial charge in [-0.2, -0.15) is 4.31 Å². The Balaban J connectivity index is 1.90. The maximum Gasteiger partial charge on any atom is 0.262 e. The van der Waals surface area contributed by atoms with Crippen LogP contribution in [-0.2, 0) is 14.8 Å². The average molecular weight is 389 g/mol. The van der Waals surface area contributed by atoms with E-state index in [1.54, 1.807) is 5.38 Å². The molecule has 1 aromatic heterocycles. The number of nitrogens with one attached hydrogen (secondary N) is 1. The Morgan fingerprint density at radius 2 is 2.04 bits per heavy atom. The molecule has 1 N–H and O–H groups in total. The maximum absolute atomic E-state index is 12.8. The zero-order valence-electron chi connectivity index (χ0n) is 15.0. The molecule has 0 bridgehead atoms. The summed E-state index contributed by atoms with van der Waals surface area (Å²) in [6.07, 6.45) is 3.52.